The zero-order valence-corrected chi connectivity index (χ0v) is 22.7. The van der Waals surface area contributed by atoms with Gasteiger partial charge < -0.3 is 20.9 Å². The third-order valence-corrected chi connectivity index (χ3v) is 8.18. The van der Waals surface area contributed by atoms with Crippen LogP contribution >= 0.6 is 0 Å². The van der Waals surface area contributed by atoms with E-state index in [1.165, 1.54) is 19.2 Å². The summed E-state index contributed by atoms with van der Waals surface area (Å²) >= 11 is 0. The number of anilines is 1. The second-order valence-electron chi connectivity index (χ2n) is 11.0. The molecule has 9 nitrogen and oxygen atoms in total. The third-order valence-electron chi connectivity index (χ3n) is 8.18. The van der Waals surface area contributed by atoms with E-state index < -0.39 is 23.1 Å². The second-order valence-corrected chi connectivity index (χ2v) is 11.0. The largest absolute Gasteiger partial charge is 0.496 e. The lowest BCUT2D eigenvalue weighted by Crippen LogP contribution is -2.39. The average Bonchev–Trinajstić information content (AvgIpc) is 3.35. The molecular formula is C30H32FN5O4. The Kier molecular flexibility index (Phi) is 6.95. The first-order chi connectivity index (χ1) is 19.0. The van der Waals surface area contributed by atoms with Crippen molar-refractivity contribution < 1.29 is 23.8 Å². The zero-order chi connectivity index (χ0) is 28.7. The Morgan fingerprint density at radius 3 is 2.48 bits per heavy atom. The van der Waals surface area contributed by atoms with Gasteiger partial charge in [-0.1, -0.05) is 31.2 Å². The van der Waals surface area contributed by atoms with Crippen LogP contribution in [0.2, 0.25) is 0 Å². The molecule has 0 unspecified atom stereocenters. The normalized spacial score (nSPS) is 20.8. The van der Waals surface area contributed by atoms with Crippen molar-refractivity contribution in [3.05, 3.63) is 77.6 Å². The summed E-state index contributed by atoms with van der Waals surface area (Å²) in [7, 11) is 1.43. The first-order valence-electron chi connectivity index (χ1n) is 13.1. The quantitative estimate of drug-likeness (QED) is 0.298. The predicted molar refractivity (Wildman–Crippen MR) is 149 cm³/mol. The Bertz CT molecular complexity index is 1590. The molecule has 1 aliphatic carbocycles. The molecule has 5 rings (SSSR count). The van der Waals surface area contributed by atoms with Crippen molar-refractivity contribution in [2.24, 2.45) is 5.41 Å². The number of nitrogen functional groups attached to an aromatic ring is 1. The van der Waals surface area contributed by atoms with Crippen molar-refractivity contribution in [1.82, 2.24) is 19.7 Å². The fourth-order valence-corrected chi connectivity index (χ4v) is 5.40. The molecule has 0 saturated heterocycles. The van der Waals surface area contributed by atoms with E-state index in [0.717, 1.165) is 23.0 Å². The van der Waals surface area contributed by atoms with Crippen molar-refractivity contribution in [2.75, 3.05) is 12.8 Å². The number of rotatable bonds is 7. The van der Waals surface area contributed by atoms with Crippen LogP contribution in [0, 0.1) is 11.2 Å². The summed E-state index contributed by atoms with van der Waals surface area (Å²) < 4.78 is 20.8. The van der Waals surface area contributed by atoms with Gasteiger partial charge in [0.05, 0.1) is 18.1 Å². The molecule has 1 amide bonds. The smallest absolute Gasteiger partial charge is 0.309 e. The number of carboxylic acids is 1. The lowest BCUT2D eigenvalue weighted by atomic mass is 9.65. The van der Waals surface area contributed by atoms with Gasteiger partial charge in [0.2, 0.25) is 0 Å². The summed E-state index contributed by atoms with van der Waals surface area (Å²) in [4.78, 5) is 33.8. The molecule has 10 heteroatoms. The minimum absolute atomic E-state index is 0.124. The van der Waals surface area contributed by atoms with Crippen LogP contribution in [0.25, 0.3) is 16.8 Å². The Balaban J connectivity index is 1.40. The van der Waals surface area contributed by atoms with Crippen molar-refractivity contribution in [3.8, 4) is 17.0 Å². The number of imidazole rings is 1. The molecule has 0 atom stereocenters. The fourth-order valence-electron chi connectivity index (χ4n) is 5.40. The Labute approximate surface area is 231 Å². The van der Waals surface area contributed by atoms with Gasteiger partial charge in [-0.25, -0.2) is 14.4 Å². The molecule has 2 aromatic carbocycles. The molecule has 1 aliphatic rings. The minimum atomic E-state index is -0.761. The predicted octanol–water partition coefficient (Wildman–Crippen LogP) is 4.98. The number of benzene rings is 2. The van der Waals surface area contributed by atoms with Gasteiger partial charge in [-0.05, 0) is 56.4 Å². The Morgan fingerprint density at radius 1 is 1.12 bits per heavy atom. The van der Waals surface area contributed by atoms with Crippen LogP contribution in [0.5, 0.6) is 5.75 Å². The molecule has 40 heavy (non-hydrogen) atoms. The van der Waals surface area contributed by atoms with Crippen molar-refractivity contribution in [3.63, 3.8) is 0 Å². The van der Waals surface area contributed by atoms with Gasteiger partial charge in [0.1, 0.15) is 34.4 Å². The van der Waals surface area contributed by atoms with E-state index in [9.17, 15) is 19.1 Å². The number of hydrogen-bond acceptors (Lipinski definition) is 6. The molecule has 1 saturated carbocycles. The number of halogens is 1. The maximum Gasteiger partial charge on any atom is 0.309 e. The van der Waals surface area contributed by atoms with Gasteiger partial charge in [0.15, 0.2) is 0 Å². The standard InChI is InChI=1S/C30H32FN5O4/c1-29(10-12-30(2,13-11-29)28(38)39)27-35-23(24-25(32)33-14-15-36(24)27)19-6-4-18(5-7-19)17-34-26(37)21-16-20(31)8-9-22(21)40-3/h4-9,14-16H,10-13,17H2,1-3H3,(H2,32,33)(H,34,37)(H,38,39)/t29-,30+. The van der Waals surface area contributed by atoms with Crippen LogP contribution in [0.1, 0.15) is 61.3 Å². The molecule has 0 radical (unpaired) electrons. The van der Waals surface area contributed by atoms with E-state index in [4.69, 9.17) is 15.5 Å². The SMILES string of the molecule is COc1ccc(F)cc1C(=O)NCc1ccc(-c2nc([C@]3(C)CC[C@](C)(C(=O)O)CC3)n3ccnc(N)c23)cc1. The summed E-state index contributed by atoms with van der Waals surface area (Å²) in [6.07, 6.45) is 5.98. The van der Waals surface area contributed by atoms with E-state index in [0.29, 0.717) is 48.5 Å². The second kappa shape index (κ2) is 10.3. The highest BCUT2D eigenvalue weighted by molar-refractivity contribution is 5.97. The highest BCUT2D eigenvalue weighted by Crippen LogP contribution is 2.47. The average molecular weight is 546 g/mol. The molecule has 0 bridgehead atoms. The number of amides is 1. The van der Waals surface area contributed by atoms with Crippen molar-refractivity contribution in [1.29, 1.82) is 0 Å². The topological polar surface area (TPSA) is 132 Å². The number of aliphatic carboxylic acids is 1. The number of methoxy groups -OCH3 is 1. The number of hydrogen-bond donors (Lipinski definition) is 3. The summed E-state index contributed by atoms with van der Waals surface area (Å²) in [5.41, 5.74) is 8.45. The maximum atomic E-state index is 13.7. The van der Waals surface area contributed by atoms with E-state index in [1.54, 1.807) is 6.20 Å². The third kappa shape index (κ3) is 4.85. The highest BCUT2D eigenvalue weighted by Gasteiger charge is 2.45. The fraction of sp³-hybridized carbons (Fsp3) is 0.333. The molecule has 208 valence electrons. The number of nitrogens with zero attached hydrogens (tertiary/aromatic N) is 3. The summed E-state index contributed by atoms with van der Waals surface area (Å²) in [6.45, 7) is 4.17. The van der Waals surface area contributed by atoms with E-state index in [1.807, 2.05) is 41.8 Å². The van der Waals surface area contributed by atoms with Gasteiger partial charge in [0, 0.05) is 29.9 Å². The molecule has 2 heterocycles. The number of nitrogens with one attached hydrogen (secondary N) is 1. The number of carbonyl (C=O) groups is 2. The van der Waals surface area contributed by atoms with Gasteiger partial charge in [-0.2, -0.15) is 0 Å². The van der Waals surface area contributed by atoms with Gasteiger partial charge in [-0.3, -0.25) is 14.0 Å². The van der Waals surface area contributed by atoms with Crippen LogP contribution in [0.3, 0.4) is 0 Å². The Morgan fingerprint density at radius 2 is 1.82 bits per heavy atom. The first-order valence-corrected chi connectivity index (χ1v) is 13.1. The molecule has 0 spiro atoms. The monoisotopic (exact) mass is 545 g/mol. The summed E-state index contributed by atoms with van der Waals surface area (Å²) in [5.74, 6) is -0.242. The highest BCUT2D eigenvalue weighted by atomic mass is 19.1. The molecule has 1 fully saturated rings. The van der Waals surface area contributed by atoms with Crippen LogP contribution in [-0.2, 0) is 16.8 Å². The maximum absolute atomic E-state index is 13.7. The molecule has 4 N–H and O–H groups in total. The van der Waals surface area contributed by atoms with Crippen LogP contribution in [0.15, 0.2) is 54.9 Å². The van der Waals surface area contributed by atoms with E-state index in [-0.39, 0.29) is 17.5 Å². The summed E-state index contributed by atoms with van der Waals surface area (Å²) in [5, 5.41) is 12.5. The lowest BCUT2D eigenvalue weighted by Gasteiger charge is -2.40. The molecule has 0 aliphatic heterocycles. The summed E-state index contributed by atoms with van der Waals surface area (Å²) in [6, 6.07) is 11.4. The van der Waals surface area contributed by atoms with E-state index >= 15 is 0 Å². The van der Waals surface area contributed by atoms with E-state index in [2.05, 4.69) is 17.2 Å². The number of aromatic nitrogens is 3. The van der Waals surface area contributed by atoms with Gasteiger partial charge in [0.25, 0.3) is 5.91 Å². The lowest BCUT2D eigenvalue weighted by molar-refractivity contribution is -0.150. The van der Waals surface area contributed by atoms with Gasteiger partial charge in [-0.15, -0.1) is 0 Å². The molecule has 2 aromatic heterocycles. The minimum Gasteiger partial charge on any atom is -0.496 e. The number of ether oxygens (including phenoxy) is 1. The van der Waals surface area contributed by atoms with Crippen molar-refractivity contribution >= 4 is 23.2 Å². The van der Waals surface area contributed by atoms with Gasteiger partial charge >= 0.3 is 5.97 Å². The van der Waals surface area contributed by atoms with Crippen LogP contribution < -0.4 is 15.8 Å². The molecular weight excluding hydrogens is 513 g/mol. The number of carbonyl (C=O) groups excluding carboxylic acids is 1. The number of carboxylic acid groups (broad SMARTS) is 1. The first kappa shape index (κ1) is 27.1. The Hall–Kier alpha value is -4.47. The van der Waals surface area contributed by atoms with Crippen LogP contribution in [0.4, 0.5) is 10.2 Å². The molecule has 4 aromatic rings. The number of fused-ring (bicyclic) bond motifs is 1. The number of nitrogens with two attached hydrogens (primary N) is 1. The zero-order valence-electron chi connectivity index (χ0n) is 22.7. The van der Waals surface area contributed by atoms with Crippen molar-refractivity contribution in [2.45, 2.75) is 51.5 Å². The van der Waals surface area contributed by atoms with Crippen LogP contribution in [-0.4, -0.2) is 38.5 Å².